The van der Waals surface area contributed by atoms with E-state index >= 15 is 0 Å². The summed E-state index contributed by atoms with van der Waals surface area (Å²) in [4.78, 5) is 36.4. The Balaban J connectivity index is 2.03. The number of carbonyl (C=O) groups excluding carboxylic acids is 2. The van der Waals surface area contributed by atoms with Crippen molar-refractivity contribution in [3.05, 3.63) is 12.3 Å². The van der Waals surface area contributed by atoms with Crippen LogP contribution in [0.1, 0.15) is 32.6 Å². The summed E-state index contributed by atoms with van der Waals surface area (Å²) in [5, 5.41) is 11.6. The number of allylic oxidation sites excluding steroid dienone is 1. The molecule has 2 N–H and O–H groups in total. The first kappa shape index (κ1) is 14.4. The molecule has 2 rings (SSSR count). The van der Waals surface area contributed by atoms with E-state index in [4.69, 9.17) is 9.84 Å². The average molecular weight is 282 g/mol. The number of alkyl carbamates (subject to hydrolysis) is 1. The molecule has 20 heavy (non-hydrogen) atoms. The van der Waals surface area contributed by atoms with E-state index in [1.807, 2.05) is 0 Å². The van der Waals surface area contributed by atoms with E-state index in [-0.39, 0.29) is 17.7 Å². The van der Waals surface area contributed by atoms with Crippen LogP contribution in [0.5, 0.6) is 0 Å². The Morgan fingerprint density at radius 1 is 1.35 bits per heavy atom. The van der Waals surface area contributed by atoms with Crippen LogP contribution >= 0.6 is 0 Å². The summed E-state index contributed by atoms with van der Waals surface area (Å²) in [5.41, 5.74) is 0. The summed E-state index contributed by atoms with van der Waals surface area (Å²) >= 11 is 0. The maximum Gasteiger partial charge on any atom is 0.412 e. The molecule has 7 heteroatoms. The van der Waals surface area contributed by atoms with E-state index < -0.39 is 24.1 Å². The van der Waals surface area contributed by atoms with Crippen LogP contribution in [0.15, 0.2) is 12.3 Å². The molecular weight excluding hydrogens is 264 g/mol. The smallest absolute Gasteiger partial charge is 0.412 e. The number of hydrogen-bond donors (Lipinski definition) is 2. The zero-order valence-corrected chi connectivity index (χ0v) is 11.3. The quantitative estimate of drug-likeness (QED) is 0.748. The number of amides is 2. The lowest BCUT2D eigenvalue weighted by molar-refractivity contribution is -0.152. The van der Waals surface area contributed by atoms with E-state index in [0.717, 1.165) is 0 Å². The van der Waals surface area contributed by atoms with Gasteiger partial charge in [0.1, 0.15) is 12.1 Å². The fraction of sp³-hybridized carbons (Fsp3) is 0.615. The van der Waals surface area contributed by atoms with Gasteiger partial charge in [-0.05, 0) is 32.6 Å². The fourth-order valence-electron chi connectivity index (χ4n) is 2.87. The van der Waals surface area contributed by atoms with Crippen LogP contribution in [0.4, 0.5) is 4.79 Å². The molecule has 0 spiro atoms. The van der Waals surface area contributed by atoms with Gasteiger partial charge in [0.15, 0.2) is 0 Å². The van der Waals surface area contributed by atoms with Gasteiger partial charge in [-0.15, -0.1) is 0 Å². The molecule has 7 nitrogen and oxygen atoms in total. The summed E-state index contributed by atoms with van der Waals surface area (Å²) in [5.74, 6) is -1.11. The Bertz CT molecular complexity index is 462. The summed E-state index contributed by atoms with van der Waals surface area (Å²) in [6.45, 7) is 4.97. The third-order valence-corrected chi connectivity index (χ3v) is 3.69. The minimum atomic E-state index is -0.994. The fourth-order valence-corrected chi connectivity index (χ4v) is 2.87. The van der Waals surface area contributed by atoms with Crippen LogP contribution in [0.25, 0.3) is 0 Å². The van der Waals surface area contributed by atoms with Gasteiger partial charge in [0, 0.05) is 6.04 Å². The van der Waals surface area contributed by atoms with E-state index in [1.165, 1.54) is 11.8 Å². The average Bonchev–Trinajstić information content (AvgIpc) is 2.76. The number of rotatable bonds is 3. The number of hydrogen-bond acceptors (Lipinski definition) is 4. The molecule has 2 aliphatic rings. The second-order valence-corrected chi connectivity index (χ2v) is 5.20. The Morgan fingerprint density at radius 3 is 2.60 bits per heavy atom. The van der Waals surface area contributed by atoms with E-state index in [2.05, 4.69) is 11.9 Å². The van der Waals surface area contributed by atoms with Crippen molar-refractivity contribution in [2.24, 2.45) is 0 Å². The van der Waals surface area contributed by atoms with Crippen molar-refractivity contribution in [1.29, 1.82) is 0 Å². The highest BCUT2D eigenvalue weighted by molar-refractivity contribution is 5.90. The van der Waals surface area contributed by atoms with Crippen LogP contribution in [0.2, 0.25) is 0 Å². The monoisotopic (exact) mass is 282 g/mol. The van der Waals surface area contributed by atoms with Crippen molar-refractivity contribution in [3.8, 4) is 0 Å². The molecule has 0 radical (unpaired) electrons. The third-order valence-electron chi connectivity index (χ3n) is 3.69. The van der Waals surface area contributed by atoms with Gasteiger partial charge in [-0.1, -0.05) is 6.58 Å². The second kappa shape index (κ2) is 5.52. The van der Waals surface area contributed by atoms with Gasteiger partial charge in [-0.2, -0.15) is 0 Å². The molecule has 0 aromatic carbocycles. The summed E-state index contributed by atoms with van der Waals surface area (Å²) in [7, 11) is 0. The number of carbonyl (C=O) groups is 3. The molecule has 0 aromatic heterocycles. The number of fused-ring (bicyclic) bond motifs is 1. The lowest BCUT2D eigenvalue weighted by Gasteiger charge is -2.36. The zero-order valence-electron chi connectivity index (χ0n) is 11.3. The van der Waals surface area contributed by atoms with Crippen LogP contribution in [-0.4, -0.2) is 46.1 Å². The first-order valence-corrected chi connectivity index (χ1v) is 6.59. The maximum absolute atomic E-state index is 12.3. The molecular formula is C13H18N2O5. The van der Waals surface area contributed by atoms with Gasteiger partial charge in [-0.25, -0.2) is 9.59 Å². The second-order valence-electron chi connectivity index (χ2n) is 5.20. The van der Waals surface area contributed by atoms with Crippen LogP contribution < -0.4 is 5.32 Å². The van der Waals surface area contributed by atoms with Gasteiger partial charge in [0.05, 0.1) is 5.76 Å². The highest BCUT2D eigenvalue weighted by Crippen LogP contribution is 2.32. The molecule has 2 heterocycles. The lowest BCUT2D eigenvalue weighted by Crippen LogP contribution is -2.57. The van der Waals surface area contributed by atoms with Crippen LogP contribution in [-0.2, 0) is 14.3 Å². The third kappa shape index (κ3) is 2.76. The number of piperidine rings is 1. The van der Waals surface area contributed by atoms with Gasteiger partial charge >= 0.3 is 12.1 Å². The summed E-state index contributed by atoms with van der Waals surface area (Å²) < 4.78 is 4.76. The standard InChI is InChI=1S/C13H18N2O5/c1-7(2)20-13(19)14-9-5-3-8-4-6-10(12(17)18)15(8)11(9)16/h8-10H,1,3-6H2,2H3,(H,14,19)(H,17,18). The zero-order chi connectivity index (χ0) is 14.9. The van der Waals surface area contributed by atoms with Gasteiger partial charge in [-0.3, -0.25) is 4.79 Å². The number of carboxylic acid groups (broad SMARTS) is 1. The number of nitrogens with zero attached hydrogens (tertiary/aromatic N) is 1. The highest BCUT2D eigenvalue weighted by atomic mass is 16.6. The normalized spacial score (nSPS) is 28.8. The largest absolute Gasteiger partial charge is 0.480 e. The molecule has 2 amide bonds. The van der Waals surface area contributed by atoms with Crippen molar-refractivity contribution < 1.29 is 24.2 Å². The maximum atomic E-state index is 12.3. The molecule has 0 saturated carbocycles. The van der Waals surface area contributed by atoms with E-state index in [1.54, 1.807) is 0 Å². The minimum Gasteiger partial charge on any atom is -0.480 e. The van der Waals surface area contributed by atoms with E-state index in [0.29, 0.717) is 25.7 Å². The molecule has 110 valence electrons. The first-order chi connectivity index (χ1) is 9.40. The molecule has 2 fully saturated rings. The highest BCUT2D eigenvalue weighted by Gasteiger charge is 2.46. The molecule has 2 saturated heterocycles. The summed E-state index contributed by atoms with van der Waals surface area (Å²) in [6.07, 6.45) is 1.62. The topological polar surface area (TPSA) is 95.9 Å². The van der Waals surface area contributed by atoms with Crippen molar-refractivity contribution in [2.45, 2.75) is 50.7 Å². The molecule has 0 aromatic rings. The van der Waals surface area contributed by atoms with Crippen molar-refractivity contribution in [1.82, 2.24) is 10.2 Å². The van der Waals surface area contributed by atoms with E-state index in [9.17, 15) is 14.4 Å². The predicted molar refractivity (Wildman–Crippen MR) is 68.7 cm³/mol. The van der Waals surface area contributed by atoms with Crippen molar-refractivity contribution in [3.63, 3.8) is 0 Å². The SMILES string of the molecule is C=C(C)OC(=O)NC1CCC2CCC(C(=O)O)N2C1=O. The number of ether oxygens (including phenoxy) is 1. The Labute approximate surface area is 116 Å². The van der Waals surface area contributed by atoms with Crippen LogP contribution in [0.3, 0.4) is 0 Å². The van der Waals surface area contributed by atoms with Gasteiger partial charge in [0.2, 0.25) is 5.91 Å². The number of nitrogens with one attached hydrogen (secondary N) is 1. The first-order valence-electron chi connectivity index (χ1n) is 6.59. The van der Waals surface area contributed by atoms with Gasteiger partial charge < -0.3 is 20.1 Å². The predicted octanol–water partition coefficient (Wildman–Crippen LogP) is 0.853. The Kier molecular flexibility index (Phi) is 3.96. The lowest BCUT2D eigenvalue weighted by atomic mass is 9.98. The number of carboxylic acids is 1. The Hall–Kier alpha value is -2.05. The number of aliphatic carboxylic acids is 1. The Morgan fingerprint density at radius 2 is 2.00 bits per heavy atom. The molecule has 3 atom stereocenters. The molecule has 0 aliphatic carbocycles. The van der Waals surface area contributed by atoms with Crippen molar-refractivity contribution >= 4 is 18.0 Å². The summed E-state index contributed by atoms with van der Waals surface area (Å²) in [6, 6.07) is -1.54. The molecule has 2 aliphatic heterocycles. The van der Waals surface area contributed by atoms with Crippen molar-refractivity contribution in [2.75, 3.05) is 0 Å². The minimum absolute atomic E-state index is 0.0289. The van der Waals surface area contributed by atoms with Gasteiger partial charge in [0.25, 0.3) is 0 Å². The molecule has 0 bridgehead atoms. The van der Waals surface area contributed by atoms with Crippen LogP contribution in [0, 0.1) is 0 Å². The molecule has 3 unspecified atom stereocenters.